The second kappa shape index (κ2) is 9.98. The zero-order valence-electron chi connectivity index (χ0n) is 13.5. The second-order valence-corrected chi connectivity index (χ2v) is 5.01. The maximum Gasteiger partial charge on any atom is 0.248 e. The highest BCUT2D eigenvalue weighted by molar-refractivity contribution is 14.0. The molecule has 0 spiro atoms. The summed E-state index contributed by atoms with van der Waals surface area (Å²) in [6, 6.07) is 0. The smallest absolute Gasteiger partial charge is 0.248 e. The van der Waals surface area contributed by atoms with Gasteiger partial charge in [0.25, 0.3) is 0 Å². The standard InChI is InChI=1S/C14H25N5O2.HI/c1-4-15-14(19-8-6-7-9-19)16-10-12-17-13(18-21-12)11(3)20-5-2;/h11H,4-10H2,1-3H3,(H,15,16);1H. The summed E-state index contributed by atoms with van der Waals surface area (Å²) in [7, 11) is 0. The summed E-state index contributed by atoms with van der Waals surface area (Å²) in [6.45, 7) is 9.92. The van der Waals surface area contributed by atoms with Crippen LogP contribution in [-0.2, 0) is 11.3 Å². The zero-order valence-corrected chi connectivity index (χ0v) is 15.9. The lowest BCUT2D eigenvalue weighted by molar-refractivity contribution is 0.0683. The molecule has 1 fully saturated rings. The van der Waals surface area contributed by atoms with E-state index in [0.29, 0.717) is 24.9 Å². The molecule has 1 aliphatic rings. The van der Waals surface area contributed by atoms with Gasteiger partial charge in [0, 0.05) is 26.2 Å². The van der Waals surface area contributed by atoms with Crippen LogP contribution in [0.15, 0.2) is 9.52 Å². The number of guanidine groups is 1. The van der Waals surface area contributed by atoms with Gasteiger partial charge in [0.1, 0.15) is 12.6 Å². The monoisotopic (exact) mass is 423 g/mol. The van der Waals surface area contributed by atoms with E-state index in [9.17, 15) is 0 Å². The maximum absolute atomic E-state index is 5.45. The third kappa shape index (κ3) is 5.38. The van der Waals surface area contributed by atoms with E-state index in [4.69, 9.17) is 9.26 Å². The van der Waals surface area contributed by atoms with Crippen molar-refractivity contribution in [2.24, 2.45) is 4.99 Å². The van der Waals surface area contributed by atoms with Gasteiger partial charge in [0.2, 0.25) is 5.89 Å². The summed E-state index contributed by atoms with van der Waals surface area (Å²) in [4.78, 5) is 11.2. The molecule has 1 N–H and O–H groups in total. The van der Waals surface area contributed by atoms with Crippen molar-refractivity contribution in [3.63, 3.8) is 0 Å². The van der Waals surface area contributed by atoms with E-state index in [-0.39, 0.29) is 30.1 Å². The van der Waals surface area contributed by atoms with Crippen LogP contribution in [-0.4, -0.2) is 47.2 Å². The van der Waals surface area contributed by atoms with E-state index >= 15 is 0 Å². The molecule has 0 aromatic carbocycles. The Balaban J connectivity index is 0.00000242. The van der Waals surface area contributed by atoms with Crippen molar-refractivity contribution in [2.45, 2.75) is 46.3 Å². The Hall–Kier alpha value is -0.900. The largest absolute Gasteiger partial charge is 0.371 e. The van der Waals surface area contributed by atoms with E-state index in [0.717, 1.165) is 25.6 Å². The SMILES string of the molecule is CCNC(=NCc1nc(C(C)OCC)no1)N1CCCC1.I. The number of nitrogens with zero attached hydrogens (tertiary/aromatic N) is 4. The molecule has 1 aliphatic heterocycles. The third-order valence-corrected chi connectivity index (χ3v) is 3.37. The van der Waals surface area contributed by atoms with Gasteiger partial charge in [0.05, 0.1) is 0 Å². The third-order valence-electron chi connectivity index (χ3n) is 3.37. The number of aromatic nitrogens is 2. The van der Waals surface area contributed by atoms with Crippen LogP contribution < -0.4 is 5.32 Å². The molecule has 1 unspecified atom stereocenters. The predicted octanol–water partition coefficient (Wildman–Crippen LogP) is 2.35. The summed E-state index contributed by atoms with van der Waals surface area (Å²) in [5.74, 6) is 2.02. The summed E-state index contributed by atoms with van der Waals surface area (Å²) in [6.07, 6.45) is 2.30. The minimum atomic E-state index is -0.150. The van der Waals surface area contributed by atoms with Crippen LogP contribution in [0.4, 0.5) is 0 Å². The zero-order chi connectivity index (χ0) is 15.1. The van der Waals surface area contributed by atoms with Crippen molar-refractivity contribution in [1.29, 1.82) is 0 Å². The van der Waals surface area contributed by atoms with Crippen molar-refractivity contribution in [2.75, 3.05) is 26.2 Å². The van der Waals surface area contributed by atoms with Crippen LogP contribution in [0.1, 0.15) is 51.4 Å². The van der Waals surface area contributed by atoms with Crippen molar-refractivity contribution in [3.05, 3.63) is 11.7 Å². The first kappa shape index (κ1) is 19.1. The lowest BCUT2D eigenvalue weighted by Crippen LogP contribution is -2.39. The van der Waals surface area contributed by atoms with Gasteiger partial charge in [-0.15, -0.1) is 24.0 Å². The maximum atomic E-state index is 5.45. The van der Waals surface area contributed by atoms with Crippen LogP contribution in [0.25, 0.3) is 0 Å². The number of likely N-dealkylation sites (tertiary alicyclic amines) is 1. The van der Waals surface area contributed by atoms with Crippen LogP contribution in [0.2, 0.25) is 0 Å². The van der Waals surface area contributed by atoms with Crippen molar-refractivity contribution in [1.82, 2.24) is 20.4 Å². The van der Waals surface area contributed by atoms with Crippen molar-refractivity contribution >= 4 is 29.9 Å². The van der Waals surface area contributed by atoms with Gasteiger partial charge in [-0.25, -0.2) is 4.99 Å². The number of hydrogen-bond donors (Lipinski definition) is 1. The number of hydrogen-bond acceptors (Lipinski definition) is 5. The summed E-state index contributed by atoms with van der Waals surface area (Å²) in [5, 5.41) is 7.25. The minimum absolute atomic E-state index is 0. The number of nitrogens with one attached hydrogen (secondary N) is 1. The molecule has 1 saturated heterocycles. The number of aliphatic imine (C=N–C) groups is 1. The number of ether oxygens (including phenoxy) is 1. The Bertz CT molecular complexity index is 460. The summed E-state index contributed by atoms with van der Waals surface area (Å²) >= 11 is 0. The van der Waals surface area contributed by atoms with E-state index in [1.165, 1.54) is 12.8 Å². The molecule has 0 amide bonds. The van der Waals surface area contributed by atoms with Crippen LogP contribution in [0, 0.1) is 0 Å². The Morgan fingerprint density at radius 2 is 2.14 bits per heavy atom. The normalized spacial score (nSPS) is 16.5. The lowest BCUT2D eigenvalue weighted by atomic mass is 10.4. The first-order valence-electron chi connectivity index (χ1n) is 7.72. The van der Waals surface area contributed by atoms with Gasteiger partial charge in [0.15, 0.2) is 11.8 Å². The fourth-order valence-electron chi connectivity index (χ4n) is 2.32. The molecule has 1 aromatic rings. The topological polar surface area (TPSA) is 75.8 Å². The average Bonchev–Trinajstić information content (AvgIpc) is 3.15. The predicted molar refractivity (Wildman–Crippen MR) is 95.4 cm³/mol. The molecule has 0 saturated carbocycles. The van der Waals surface area contributed by atoms with Gasteiger partial charge >= 0.3 is 0 Å². The van der Waals surface area contributed by atoms with Crippen LogP contribution >= 0.6 is 24.0 Å². The Kier molecular flexibility index (Phi) is 8.69. The van der Waals surface area contributed by atoms with E-state index in [1.807, 2.05) is 13.8 Å². The summed E-state index contributed by atoms with van der Waals surface area (Å²) in [5.41, 5.74) is 0. The Morgan fingerprint density at radius 1 is 1.41 bits per heavy atom. The van der Waals surface area contributed by atoms with Gasteiger partial charge in [-0.2, -0.15) is 4.98 Å². The Morgan fingerprint density at radius 3 is 2.77 bits per heavy atom. The molecule has 0 aliphatic carbocycles. The number of rotatable bonds is 6. The highest BCUT2D eigenvalue weighted by Gasteiger charge is 2.17. The first-order valence-corrected chi connectivity index (χ1v) is 7.72. The second-order valence-electron chi connectivity index (χ2n) is 5.01. The van der Waals surface area contributed by atoms with E-state index in [1.54, 1.807) is 0 Å². The van der Waals surface area contributed by atoms with Crippen molar-refractivity contribution < 1.29 is 9.26 Å². The fraction of sp³-hybridized carbons (Fsp3) is 0.786. The molecule has 2 heterocycles. The molecular weight excluding hydrogens is 397 g/mol. The van der Waals surface area contributed by atoms with Crippen LogP contribution in [0.5, 0.6) is 0 Å². The average molecular weight is 423 g/mol. The molecule has 1 aromatic heterocycles. The van der Waals surface area contributed by atoms with Gasteiger partial charge in [-0.1, -0.05) is 5.16 Å². The van der Waals surface area contributed by atoms with Gasteiger partial charge in [-0.05, 0) is 33.6 Å². The van der Waals surface area contributed by atoms with Crippen LogP contribution in [0.3, 0.4) is 0 Å². The highest BCUT2D eigenvalue weighted by atomic mass is 127. The molecule has 22 heavy (non-hydrogen) atoms. The molecule has 126 valence electrons. The highest BCUT2D eigenvalue weighted by Crippen LogP contribution is 2.13. The minimum Gasteiger partial charge on any atom is -0.371 e. The molecule has 8 heteroatoms. The molecule has 0 bridgehead atoms. The quantitative estimate of drug-likeness (QED) is 0.430. The first-order chi connectivity index (χ1) is 10.2. The molecule has 1 atom stereocenters. The van der Waals surface area contributed by atoms with E-state index < -0.39 is 0 Å². The van der Waals surface area contributed by atoms with Gasteiger partial charge < -0.3 is 19.5 Å². The van der Waals surface area contributed by atoms with Crippen molar-refractivity contribution in [3.8, 4) is 0 Å². The Labute approximate surface area is 148 Å². The molecular formula is C14H26IN5O2. The molecule has 7 nitrogen and oxygen atoms in total. The summed E-state index contributed by atoms with van der Waals surface area (Å²) < 4.78 is 10.7. The lowest BCUT2D eigenvalue weighted by Gasteiger charge is -2.20. The number of halogens is 1. The molecule has 0 radical (unpaired) electrons. The van der Waals surface area contributed by atoms with Gasteiger partial charge in [-0.3, -0.25) is 0 Å². The molecule has 2 rings (SSSR count). The fourth-order valence-corrected chi connectivity index (χ4v) is 2.32. The van der Waals surface area contributed by atoms with E-state index in [2.05, 4.69) is 32.3 Å².